The van der Waals surface area contributed by atoms with Crippen molar-refractivity contribution in [3.63, 3.8) is 0 Å². The van der Waals surface area contributed by atoms with Gasteiger partial charge in [-0.15, -0.1) is 0 Å². The molecule has 0 spiro atoms. The number of methoxy groups -OCH3 is 1. The number of hydrogen-bond donors (Lipinski definition) is 0. The van der Waals surface area contributed by atoms with Gasteiger partial charge in [0.05, 0.1) is 13.7 Å². The third-order valence-electron chi connectivity index (χ3n) is 3.77. The molecule has 104 valence electrons. The van der Waals surface area contributed by atoms with Crippen LogP contribution in [0.15, 0.2) is 24.3 Å². The Hall–Kier alpha value is -1.03. The van der Waals surface area contributed by atoms with Crippen LogP contribution in [0.1, 0.15) is 36.0 Å². The molecule has 3 nitrogen and oxygen atoms in total. The van der Waals surface area contributed by atoms with E-state index in [1.807, 2.05) is 18.2 Å². The van der Waals surface area contributed by atoms with Gasteiger partial charge in [0, 0.05) is 10.7 Å². The molecule has 0 bridgehead atoms. The third kappa shape index (κ3) is 3.30. The van der Waals surface area contributed by atoms with Crippen LogP contribution < -0.4 is 4.74 Å². The average molecular weight is 327 g/mol. The molecule has 2 rings (SSSR count). The van der Waals surface area contributed by atoms with E-state index < -0.39 is 0 Å². The molecule has 1 saturated carbocycles. The number of para-hydroxylation sites is 1. The first kappa shape index (κ1) is 14.4. The first-order valence-electron chi connectivity index (χ1n) is 6.57. The van der Waals surface area contributed by atoms with Crippen molar-refractivity contribution in [3.05, 3.63) is 29.8 Å². The highest BCUT2D eigenvalue weighted by Gasteiger charge is 2.34. The number of benzene rings is 1. The van der Waals surface area contributed by atoms with E-state index in [1.165, 1.54) is 32.8 Å². The van der Waals surface area contributed by atoms with Crippen LogP contribution in [-0.2, 0) is 4.74 Å². The molecule has 0 unspecified atom stereocenters. The summed E-state index contributed by atoms with van der Waals surface area (Å²) in [5, 5.41) is 0.945. The van der Waals surface area contributed by atoms with Gasteiger partial charge < -0.3 is 9.47 Å². The molecule has 1 aromatic carbocycles. The van der Waals surface area contributed by atoms with Gasteiger partial charge in [0.15, 0.2) is 0 Å². The highest BCUT2D eigenvalue weighted by molar-refractivity contribution is 9.09. The van der Waals surface area contributed by atoms with Gasteiger partial charge in [0.1, 0.15) is 11.3 Å². The Labute approximate surface area is 122 Å². The molecule has 0 radical (unpaired) electrons. The fraction of sp³-hybridized carbons (Fsp3) is 0.533. The van der Waals surface area contributed by atoms with Crippen LogP contribution in [0.5, 0.6) is 5.75 Å². The van der Waals surface area contributed by atoms with Crippen molar-refractivity contribution in [3.8, 4) is 5.75 Å². The number of carbonyl (C=O) groups is 1. The summed E-state index contributed by atoms with van der Waals surface area (Å²) in [5.41, 5.74) is 0.705. The molecule has 0 atom stereocenters. The maximum Gasteiger partial charge on any atom is 0.341 e. The number of rotatable bonds is 5. The number of ether oxygens (including phenoxy) is 2. The van der Waals surface area contributed by atoms with Gasteiger partial charge in [-0.25, -0.2) is 4.79 Å². The Morgan fingerprint density at radius 2 is 2.00 bits per heavy atom. The van der Waals surface area contributed by atoms with Crippen LogP contribution >= 0.6 is 15.9 Å². The molecule has 1 aliphatic carbocycles. The fourth-order valence-electron chi connectivity index (χ4n) is 2.54. The van der Waals surface area contributed by atoms with Crippen molar-refractivity contribution in [2.75, 3.05) is 19.0 Å². The monoisotopic (exact) mass is 326 g/mol. The van der Waals surface area contributed by atoms with Crippen LogP contribution in [0.4, 0.5) is 0 Å². The minimum atomic E-state index is -0.352. The molecule has 1 fully saturated rings. The van der Waals surface area contributed by atoms with Gasteiger partial charge in [0.2, 0.25) is 0 Å². The highest BCUT2D eigenvalue weighted by Crippen LogP contribution is 2.40. The molecule has 4 heteroatoms. The Bertz CT molecular complexity index is 439. The summed E-state index contributed by atoms with van der Waals surface area (Å²) in [6.45, 7) is 0.645. The smallest absolute Gasteiger partial charge is 0.341 e. The molecular formula is C15H19BrO3. The number of halogens is 1. The summed E-state index contributed by atoms with van der Waals surface area (Å²) in [5.74, 6) is 0.261. The maximum atomic E-state index is 11.7. The van der Waals surface area contributed by atoms with Gasteiger partial charge in [0.25, 0.3) is 0 Å². The molecule has 1 aliphatic rings. The Balaban J connectivity index is 2.09. The van der Waals surface area contributed by atoms with Crippen molar-refractivity contribution in [2.45, 2.75) is 25.7 Å². The molecule has 0 heterocycles. The van der Waals surface area contributed by atoms with E-state index in [0.717, 1.165) is 5.33 Å². The van der Waals surface area contributed by atoms with Gasteiger partial charge in [-0.2, -0.15) is 0 Å². The normalized spacial score (nSPS) is 17.2. The second kappa shape index (κ2) is 6.42. The van der Waals surface area contributed by atoms with E-state index in [9.17, 15) is 4.79 Å². The third-order valence-corrected chi connectivity index (χ3v) is 4.96. The number of hydrogen-bond acceptors (Lipinski definition) is 3. The van der Waals surface area contributed by atoms with Crippen molar-refractivity contribution >= 4 is 21.9 Å². The van der Waals surface area contributed by atoms with Crippen LogP contribution in [0, 0.1) is 5.41 Å². The molecule has 1 aromatic rings. The summed E-state index contributed by atoms with van der Waals surface area (Å²) in [6, 6.07) is 7.24. The van der Waals surface area contributed by atoms with Crippen LogP contribution in [0.2, 0.25) is 0 Å². The summed E-state index contributed by atoms with van der Waals surface area (Å²) in [7, 11) is 1.38. The minimum absolute atomic E-state index is 0.212. The minimum Gasteiger partial charge on any atom is -0.492 e. The summed E-state index contributed by atoms with van der Waals surface area (Å²) in [4.78, 5) is 11.7. The SMILES string of the molecule is COC(=O)c1ccccc1OCC1(CBr)CCCC1. The molecule has 0 aromatic heterocycles. The highest BCUT2D eigenvalue weighted by atomic mass is 79.9. The first-order valence-corrected chi connectivity index (χ1v) is 7.69. The van der Waals surface area contributed by atoms with E-state index in [1.54, 1.807) is 6.07 Å². The zero-order valence-electron chi connectivity index (χ0n) is 11.2. The van der Waals surface area contributed by atoms with Gasteiger partial charge in [-0.3, -0.25) is 0 Å². The predicted octanol–water partition coefficient (Wildman–Crippen LogP) is 3.81. The standard InChI is InChI=1S/C15H19BrO3/c1-18-14(17)12-6-2-3-7-13(12)19-11-15(10-16)8-4-5-9-15/h2-3,6-7H,4-5,8-11H2,1H3. The number of carbonyl (C=O) groups excluding carboxylic acids is 1. The maximum absolute atomic E-state index is 11.7. The van der Waals surface area contributed by atoms with Crippen LogP contribution in [-0.4, -0.2) is 25.0 Å². The lowest BCUT2D eigenvalue weighted by molar-refractivity contribution is 0.0593. The lowest BCUT2D eigenvalue weighted by Crippen LogP contribution is -2.27. The molecular weight excluding hydrogens is 308 g/mol. The van der Waals surface area contributed by atoms with E-state index in [2.05, 4.69) is 15.9 Å². The van der Waals surface area contributed by atoms with Gasteiger partial charge in [-0.05, 0) is 25.0 Å². The second-order valence-electron chi connectivity index (χ2n) is 5.12. The quantitative estimate of drug-likeness (QED) is 0.609. The van der Waals surface area contributed by atoms with Crippen molar-refractivity contribution in [1.82, 2.24) is 0 Å². The molecule has 19 heavy (non-hydrogen) atoms. The molecule has 0 aliphatic heterocycles. The van der Waals surface area contributed by atoms with Crippen molar-refractivity contribution in [2.24, 2.45) is 5.41 Å². The van der Waals surface area contributed by atoms with Crippen molar-refractivity contribution in [1.29, 1.82) is 0 Å². The van der Waals surface area contributed by atoms with E-state index in [0.29, 0.717) is 17.9 Å². The number of alkyl halides is 1. The largest absolute Gasteiger partial charge is 0.492 e. The Morgan fingerprint density at radius 1 is 1.32 bits per heavy atom. The lowest BCUT2D eigenvalue weighted by Gasteiger charge is -2.26. The zero-order chi connectivity index (χ0) is 13.7. The predicted molar refractivity (Wildman–Crippen MR) is 78.0 cm³/mol. The Morgan fingerprint density at radius 3 is 2.63 bits per heavy atom. The molecule has 0 amide bonds. The Kier molecular flexibility index (Phi) is 4.86. The first-order chi connectivity index (χ1) is 9.21. The van der Waals surface area contributed by atoms with E-state index in [4.69, 9.17) is 9.47 Å². The molecule has 0 N–H and O–H groups in total. The van der Waals surface area contributed by atoms with E-state index >= 15 is 0 Å². The van der Waals surface area contributed by atoms with Crippen LogP contribution in [0.3, 0.4) is 0 Å². The zero-order valence-corrected chi connectivity index (χ0v) is 12.7. The number of esters is 1. The van der Waals surface area contributed by atoms with Gasteiger partial charge in [-0.1, -0.05) is 40.9 Å². The summed E-state index contributed by atoms with van der Waals surface area (Å²) < 4.78 is 10.7. The topological polar surface area (TPSA) is 35.5 Å². The second-order valence-corrected chi connectivity index (χ2v) is 5.68. The van der Waals surface area contributed by atoms with Crippen LogP contribution in [0.25, 0.3) is 0 Å². The summed E-state index contributed by atoms with van der Waals surface area (Å²) in [6.07, 6.45) is 4.87. The summed E-state index contributed by atoms with van der Waals surface area (Å²) >= 11 is 3.60. The average Bonchev–Trinajstić information content (AvgIpc) is 2.94. The van der Waals surface area contributed by atoms with Gasteiger partial charge >= 0.3 is 5.97 Å². The lowest BCUT2D eigenvalue weighted by atomic mass is 9.90. The fourth-order valence-corrected chi connectivity index (χ4v) is 3.27. The van der Waals surface area contributed by atoms with Crippen molar-refractivity contribution < 1.29 is 14.3 Å². The van der Waals surface area contributed by atoms with E-state index in [-0.39, 0.29) is 11.4 Å². The molecule has 0 saturated heterocycles.